The van der Waals surface area contributed by atoms with E-state index in [-0.39, 0.29) is 0 Å². The minimum Gasteiger partial charge on any atom is -0.490 e. The molecule has 1 atom stereocenters. The SMILES string of the molecule is CCCCC#Cc1cncc(OC[C@H]2CCCN2)c1. The minimum absolute atomic E-state index is 0.485. The molecule has 1 aliphatic heterocycles. The van der Waals surface area contributed by atoms with Gasteiger partial charge in [-0.25, -0.2) is 0 Å². The van der Waals surface area contributed by atoms with Crippen molar-refractivity contribution in [3.63, 3.8) is 0 Å². The fraction of sp³-hybridized carbons (Fsp3) is 0.562. The molecule has 0 amide bonds. The van der Waals surface area contributed by atoms with E-state index >= 15 is 0 Å². The van der Waals surface area contributed by atoms with Gasteiger partial charge >= 0.3 is 0 Å². The van der Waals surface area contributed by atoms with Crippen molar-refractivity contribution in [2.45, 2.75) is 45.1 Å². The maximum absolute atomic E-state index is 5.77. The first-order valence-corrected chi connectivity index (χ1v) is 7.18. The Hall–Kier alpha value is -1.53. The zero-order valence-electron chi connectivity index (χ0n) is 11.6. The average Bonchev–Trinajstić information content (AvgIpc) is 2.95. The van der Waals surface area contributed by atoms with Crippen LogP contribution in [-0.4, -0.2) is 24.2 Å². The summed E-state index contributed by atoms with van der Waals surface area (Å²) in [6.07, 6.45) is 9.28. The molecule has 0 unspecified atom stereocenters. The second-order valence-electron chi connectivity index (χ2n) is 4.92. The van der Waals surface area contributed by atoms with Crippen LogP contribution in [0.5, 0.6) is 5.75 Å². The number of nitrogens with one attached hydrogen (secondary N) is 1. The van der Waals surface area contributed by atoms with Gasteiger partial charge in [-0.3, -0.25) is 4.98 Å². The maximum atomic E-state index is 5.77. The minimum atomic E-state index is 0.485. The Morgan fingerprint density at radius 2 is 2.42 bits per heavy atom. The Balaban J connectivity index is 1.84. The van der Waals surface area contributed by atoms with Crippen molar-refractivity contribution in [3.05, 3.63) is 24.0 Å². The number of ether oxygens (including phenoxy) is 1. The third kappa shape index (κ3) is 4.92. The highest BCUT2D eigenvalue weighted by Crippen LogP contribution is 2.13. The maximum Gasteiger partial charge on any atom is 0.138 e. The molecule has 19 heavy (non-hydrogen) atoms. The van der Waals surface area contributed by atoms with E-state index in [9.17, 15) is 0 Å². The third-order valence-corrected chi connectivity index (χ3v) is 3.21. The van der Waals surface area contributed by atoms with Crippen LogP contribution in [0.3, 0.4) is 0 Å². The lowest BCUT2D eigenvalue weighted by Gasteiger charge is -2.11. The van der Waals surface area contributed by atoms with Crippen LogP contribution in [0.4, 0.5) is 0 Å². The van der Waals surface area contributed by atoms with Crippen molar-refractivity contribution in [1.29, 1.82) is 0 Å². The first-order chi connectivity index (χ1) is 9.38. The Morgan fingerprint density at radius 1 is 1.47 bits per heavy atom. The Kier molecular flexibility index (Phi) is 5.71. The van der Waals surface area contributed by atoms with Crippen LogP contribution in [-0.2, 0) is 0 Å². The monoisotopic (exact) mass is 258 g/mol. The molecule has 0 aliphatic carbocycles. The van der Waals surface area contributed by atoms with Gasteiger partial charge in [0.2, 0.25) is 0 Å². The van der Waals surface area contributed by atoms with Crippen LogP contribution >= 0.6 is 0 Å². The van der Waals surface area contributed by atoms with Crippen LogP contribution in [0.1, 0.15) is 44.6 Å². The summed E-state index contributed by atoms with van der Waals surface area (Å²) in [7, 11) is 0. The number of unbranched alkanes of at least 4 members (excludes halogenated alkanes) is 2. The highest BCUT2D eigenvalue weighted by Gasteiger charge is 2.14. The number of hydrogen-bond donors (Lipinski definition) is 1. The quantitative estimate of drug-likeness (QED) is 0.651. The topological polar surface area (TPSA) is 34.1 Å². The molecule has 0 bridgehead atoms. The summed E-state index contributed by atoms with van der Waals surface area (Å²) >= 11 is 0. The zero-order valence-corrected chi connectivity index (χ0v) is 11.6. The summed E-state index contributed by atoms with van der Waals surface area (Å²) in [6, 6.07) is 2.46. The van der Waals surface area contributed by atoms with Crippen LogP contribution in [0, 0.1) is 11.8 Å². The molecule has 2 rings (SSSR count). The van der Waals surface area contributed by atoms with Crippen molar-refractivity contribution >= 4 is 0 Å². The molecule has 1 saturated heterocycles. The Bertz CT molecular complexity index is 442. The van der Waals surface area contributed by atoms with Crippen molar-refractivity contribution in [3.8, 4) is 17.6 Å². The van der Waals surface area contributed by atoms with Crippen LogP contribution in [0.2, 0.25) is 0 Å². The van der Waals surface area contributed by atoms with Gasteiger partial charge < -0.3 is 10.1 Å². The highest BCUT2D eigenvalue weighted by atomic mass is 16.5. The van der Waals surface area contributed by atoms with E-state index in [0.717, 1.165) is 30.7 Å². The van der Waals surface area contributed by atoms with Crippen molar-refractivity contribution < 1.29 is 4.74 Å². The largest absolute Gasteiger partial charge is 0.490 e. The van der Waals surface area contributed by atoms with Crippen molar-refractivity contribution in [1.82, 2.24) is 10.3 Å². The van der Waals surface area contributed by atoms with Crippen LogP contribution < -0.4 is 10.1 Å². The molecule has 1 aliphatic rings. The number of nitrogens with zero attached hydrogens (tertiary/aromatic N) is 1. The number of aromatic nitrogens is 1. The molecular formula is C16H22N2O. The highest BCUT2D eigenvalue weighted by molar-refractivity contribution is 5.36. The second-order valence-corrected chi connectivity index (χ2v) is 4.92. The second kappa shape index (κ2) is 7.81. The molecular weight excluding hydrogens is 236 g/mol. The molecule has 0 aromatic carbocycles. The lowest BCUT2D eigenvalue weighted by atomic mass is 10.2. The number of pyridine rings is 1. The summed E-state index contributed by atoms with van der Waals surface area (Å²) in [5, 5.41) is 3.42. The van der Waals surface area contributed by atoms with Gasteiger partial charge in [-0.2, -0.15) is 0 Å². The molecule has 0 saturated carbocycles. The fourth-order valence-corrected chi connectivity index (χ4v) is 2.09. The van der Waals surface area contributed by atoms with Gasteiger partial charge in [0.15, 0.2) is 0 Å². The van der Waals surface area contributed by atoms with Gasteiger partial charge in [-0.15, -0.1) is 0 Å². The predicted octanol–water partition coefficient (Wildman–Crippen LogP) is 2.75. The van der Waals surface area contributed by atoms with E-state index in [1.165, 1.54) is 19.3 Å². The smallest absolute Gasteiger partial charge is 0.138 e. The summed E-state index contributed by atoms with van der Waals surface area (Å²) in [4.78, 5) is 4.18. The lowest BCUT2D eigenvalue weighted by Crippen LogP contribution is -2.28. The molecule has 0 radical (unpaired) electrons. The van der Waals surface area contributed by atoms with E-state index in [4.69, 9.17) is 4.74 Å². The number of hydrogen-bond acceptors (Lipinski definition) is 3. The lowest BCUT2D eigenvalue weighted by molar-refractivity contribution is 0.276. The molecule has 1 N–H and O–H groups in total. The Labute approximate surface area is 115 Å². The first kappa shape index (κ1) is 13.9. The zero-order chi connectivity index (χ0) is 13.3. The normalized spacial score (nSPS) is 17.8. The van der Waals surface area contributed by atoms with Crippen molar-refractivity contribution in [2.75, 3.05) is 13.2 Å². The predicted molar refractivity (Wildman–Crippen MR) is 77.2 cm³/mol. The van der Waals surface area contributed by atoms with Gasteiger partial charge in [0.25, 0.3) is 0 Å². The Morgan fingerprint density at radius 3 is 3.21 bits per heavy atom. The van der Waals surface area contributed by atoms with Crippen molar-refractivity contribution in [2.24, 2.45) is 0 Å². The van der Waals surface area contributed by atoms with Crippen LogP contribution in [0.15, 0.2) is 18.5 Å². The average molecular weight is 258 g/mol. The molecule has 1 fully saturated rings. The van der Waals surface area contributed by atoms with Gasteiger partial charge in [0, 0.05) is 24.2 Å². The standard InChI is InChI=1S/C16H22N2O/c1-2-3-4-5-7-14-10-16(12-17-11-14)19-13-15-8-6-9-18-15/h10-12,15,18H,2-4,6,8-9,13H2,1H3/t15-/m1/s1. The summed E-state index contributed by atoms with van der Waals surface area (Å²) in [5.74, 6) is 7.12. The van der Waals surface area contributed by atoms with E-state index in [1.54, 1.807) is 12.4 Å². The van der Waals surface area contributed by atoms with E-state index in [1.807, 2.05) is 6.07 Å². The molecule has 2 heterocycles. The number of rotatable bonds is 5. The van der Waals surface area contributed by atoms with Gasteiger partial charge in [-0.05, 0) is 31.9 Å². The molecule has 102 valence electrons. The third-order valence-electron chi connectivity index (χ3n) is 3.21. The van der Waals surface area contributed by atoms with E-state index < -0.39 is 0 Å². The van der Waals surface area contributed by atoms with E-state index in [0.29, 0.717) is 12.6 Å². The molecule has 0 spiro atoms. The molecule has 1 aromatic rings. The van der Waals surface area contributed by atoms with Gasteiger partial charge in [-0.1, -0.05) is 25.2 Å². The van der Waals surface area contributed by atoms with Gasteiger partial charge in [0.05, 0.1) is 6.20 Å². The first-order valence-electron chi connectivity index (χ1n) is 7.18. The summed E-state index contributed by atoms with van der Waals surface area (Å²) in [6.45, 7) is 4.00. The molecule has 3 heteroatoms. The van der Waals surface area contributed by atoms with Crippen LogP contribution in [0.25, 0.3) is 0 Å². The summed E-state index contributed by atoms with van der Waals surface area (Å²) < 4.78 is 5.77. The van der Waals surface area contributed by atoms with E-state index in [2.05, 4.69) is 29.1 Å². The molecule has 1 aromatic heterocycles. The molecule has 3 nitrogen and oxygen atoms in total. The van der Waals surface area contributed by atoms with Gasteiger partial charge in [0.1, 0.15) is 12.4 Å². The summed E-state index contributed by atoms with van der Waals surface area (Å²) in [5.41, 5.74) is 0.938. The fourth-order valence-electron chi connectivity index (χ4n) is 2.09.